The van der Waals surface area contributed by atoms with E-state index in [0.29, 0.717) is 13.1 Å². The number of carbonyl (C=O) groups is 1. The Kier molecular flexibility index (Phi) is 4.06. The van der Waals surface area contributed by atoms with Crippen molar-refractivity contribution < 1.29 is 4.79 Å². The molecule has 2 aromatic rings. The van der Waals surface area contributed by atoms with Gasteiger partial charge in [0, 0.05) is 39.8 Å². The van der Waals surface area contributed by atoms with Crippen molar-refractivity contribution in [1.82, 2.24) is 24.6 Å². The molecule has 0 aliphatic carbocycles. The zero-order valence-electron chi connectivity index (χ0n) is 12.5. The van der Waals surface area contributed by atoms with Crippen molar-refractivity contribution in [3.05, 3.63) is 52.2 Å². The molecular formula is C15H19N5O2. The maximum absolute atomic E-state index is 12.3. The smallest absolute Gasteiger partial charge is 0.333 e. The second-order valence-corrected chi connectivity index (χ2v) is 5.46. The van der Waals surface area contributed by atoms with Gasteiger partial charge in [-0.3, -0.25) is 14.7 Å². The first kappa shape index (κ1) is 14.5. The summed E-state index contributed by atoms with van der Waals surface area (Å²) in [5.41, 5.74) is 0.905. The van der Waals surface area contributed by atoms with E-state index in [0.717, 1.165) is 24.3 Å². The van der Waals surface area contributed by atoms with Gasteiger partial charge in [0.1, 0.15) is 0 Å². The van der Waals surface area contributed by atoms with Crippen LogP contribution in [0.1, 0.15) is 16.2 Å². The Morgan fingerprint density at radius 2 is 1.86 bits per heavy atom. The van der Waals surface area contributed by atoms with Crippen LogP contribution >= 0.6 is 0 Å². The minimum Gasteiger partial charge on any atom is -0.333 e. The number of amides is 1. The topological polar surface area (TPSA) is 74.2 Å². The number of H-pyrrole nitrogens is 1. The Hall–Kier alpha value is -2.41. The monoisotopic (exact) mass is 301 g/mol. The number of aryl methyl sites for hydroxylation is 1. The lowest BCUT2D eigenvalue weighted by Crippen LogP contribution is -2.48. The van der Waals surface area contributed by atoms with Gasteiger partial charge in [0.05, 0.1) is 0 Å². The highest BCUT2D eigenvalue weighted by Gasteiger charge is 2.24. The van der Waals surface area contributed by atoms with E-state index in [1.165, 1.54) is 12.6 Å². The van der Waals surface area contributed by atoms with Crippen LogP contribution in [0.15, 0.2) is 35.1 Å². The lowest BCUT2D eigenvalue weighted by Gasteiger charge is -2.34. The summed E-state index contributed by atoms with van der Waals surface area (Å²) >= 11 is 0. The van der Waals surface area contributed by atoms with E-state index >= 15 is 0 Å². The largest absolute Gasteiger partial charge is 0.343 e. The third-order valence-electron chi connectivity index (χ3n) is 3.88. The molecule has 1 fully saturated rings. The summed E-state index contributed by atoms with van der Waals surface area (Å²) in [4.78, 5) is 30.2. The van der Waals surface area contributed by atoms with Crippen LogP contribution in [0, 0.1) is 0 Å². The van der Waals surface area contributed by atoms with Crippen LogP contribution in [-0.4, -0.2) is 56.7 Å². The van der Waals surface area contributed by atoms with E-state index in [9.17, 15) is 9.59 Å². The van der Waals surface area contributed by atoms with Crippen LogP contribution in [0.25, 0.3) is 0 Å². The predicted molar refractivity (Wildman–Crippen MR) is 81.5 cm³/mol. The average Bonchev–Trinajstić information content (AvgIpc) is 2.88. The van der Waals surface area contributed by atoms with Gasteiger partial charge in [-0.2, -0.15) is 0 Å². The molecule has 1 N–H and O–H groups in total. The summed E-state index contributed by atoms with van der Waals surface area (Å²) in [6, 6.07) is 10.3. The first-order valence-electron chi connectivity index (χ1n) is 7.32. The molecule has 0 atom stereocenters. The van der Waals surface area contributed by atoms with E-state index < -0.39 is 0 Å². The molecule has 1 aromatic heterocycles. The lowest BCUT2D eigenvalue weighted by molar-refractivity contribution is 0.0616. The van der Waals surface area contributed by atoms with E-state index in [4.69, 9.17) is 0 Å². The molecule has 1 amide bonds. The highest BCUT2D eigenvalue weighted by Crippen LogP contribution is 2.09. The second kappa shape index (κ2) is 6.15. The molecule has 1 aromatic carbocycles. The number of piperazine rings is 1. The van der Waals surface area contributed by atoms with E-state index in [1.54, 1.807) is 4.90 Å². The van der Waals surface area contributed by atoms with Crippen LogP contribution in [-0.2, 0) is 13.6 Å². The fourth-order valence-electron chi connectivity index (χ4n) is 2.60. The summed E-state index contributed by atoms with van der Waals surface area (Å²) in [5, 5.41) is 3.92. The predicted octanol–water partition coefficient (Wildman–Crippen LogP) is 0.0664. The normalized spacial score (nSPS) is 16.0. The number of aromatic amines is 1. The van der Waals surface area contributed by atoms with E-state index in [2.05, 4.69) is 27.1 Å². The van der Waals surface area contributed by atoms with Gasteiger partial charge in [0.15, 0.2) is 0 Å². The summed E-state index contributed by atoms with van der Waals surface area (Å²) in [5.74, 6) is -0.0962. The van der Waals surface area contributed by atoms with Crippen LogP contribution in [0.2, 0.25) is 0 Å². The first-order valence-corrected chi connectivity index (χ1v) is 7.32. The van der Waals surface area contributed by atoms with E-state index in [1.807, 2.05) is 18.2 Å². The number of carbonyl (C=O) groups excluding carboxylic acids is 1. The molecule has 7 nitrogen and oxygen atoms in total. The number of aromatic nitrogens is 3. The minimum absolute atomic E-state index is 0.115. The number of benzene rings is 1. The van der Waals surface area contributed by atoms with Gasteiger partial charge < -0.3 is 4.90 Å². The standard InChI is InChI=1S/C15H19N5O2/c1-18-15(22)16-13(17-18)14(21)20-9-7-19(8-10-20)11-12-5-3-2-4-6-12/h2-6H,7-11H2,1H3,(H,16,17,22). The maximum Gasteiger partial charge on any atom is 0.343 e. The van der Waals surface area contributed by atoms with Gasteiger partial charge in [-0.25, -0.2) is 9.48 Å². The van der Waals surface area contributed by atoms with Gasteiger partial charge in [0.25, 0.3) is 5.91 Å². The number of rotatable bonds is 3. The first-order chi connectivity index (χ1) is 10.6. The van der Waals surface area contributed by atoms with Crippen molar-refractivity contribution in [2.75, 3.05) is 26.2 Å². The van der Waals surface area contributed by atoms with Crippen LogP contribution in [0.5, 0.6) is 0 Å². The molecular weight excluding hydrogens is 282 g/mol. The number of nitrogens with zero attached hydrogens (tertiary/aromatic N) is 4. The quantitative estimate of drug-likeness (QED) is 0.870. The highest BCUT2D eigenvalue weighted by molar-refractivity contribution is 5.90. The zero-order chi connectivity index (χ0) is 15.5. The van der Waals surface area contributed by atoms with Crippen molar-refractivity contribution in [1.29, 1.82) is 0 Å². The Bertz CT molecular complexity index is 698. The molecule has 0 spiro atoms. The van der Waals surface area contributed by atoms with Crippen molar-refractivity contribution in [2.24, 2.45) is 7.05 Å². The SMILES string of the molecule is Cn1nc(C(=O)N2CCN(Cc3ccccc3)CC2)[nH]c1=O. The molecule has 2 heterocycles. The maximum atomic E-state index is 12.3. The molecule has 7 heteroatoms. The molecule has 0 radical (unpaired) electrons. The van der Waals surface area contributed by atoms with Crippen LogP contribution in [0.4, 0.5) is 0 Å². The molecule has 0 unspecified atom stereocenters. The van der Waals surface area contributed by atoms with Crippen molar-refractivity contribution in [3.63, 3.8) is 0 Å². The minimum atomic E-state index is -0.369. The summed E-state index contributed by atoms with van der Waals surface area (Å²) in [6.45, 7) is 3.81. The Labute approximate surface area is 128 Å². The fraction of sp³-hybridized carbons (Fsp3) is 0.400. The van der Waals surface area contributed by atoms with Gasteiger partial charge in [-0.05, 0) is 5.56 Å². The number of hydrogen-bond donors (Lipinski definition) is 1. The number of hydrogen-bond acceptors (Lipinski definition) is 4. The third-order valence-corrected chi connectivity index (χ3v) is 3.88. The fourth-order valence-corrected chi connectivity index (χ4v) is 2.60. The molecule has 116 valence electrons. The second-order valence-electron chi connectivity index (χ2n) is 5.46. The Morgan fingerprint density at radius 3 is 2.45 bits per heavy atom. The van der Waals surface area contributed by atoms with Gasteiger partial charge >= 0.3 is 5.69 Å². The molecule has 3 rings (SSSR count). The van der Waals surface area contributed by atoms with Crippen LogP contribution in [0.3, 0.4) is 0 Å². The average molecular weight is 301 g/mol. The zero-order valence-corrected chi connectivity index (χ0v) is 12.5. The van der Waals surface area contributed by atoms with Gasteiger partial charge in [-0.1, -0.05) is 30.3 Å². The van der Waals surface area contributed by atoms with Gasteiger partial charge in [-0.15, -0.1) is 5.10 Å². The summed E-state index contributed by atoms with van der Waals surface area (Å²) in [7, 11) is 1.52. The summed E-state index contributed by atoms with van der Waals surface area (Å²) < 4.78 is 1.14. The molecule has 1 aliphatic heterocycles. The Morgan fingerprint density at radius 1 is 1.18 bits per heavy atom. The van der Waals surface area contributed by atoms with Crippen molar-refractivity contribution >= 4 is 5.91 Å². The molecule has 1 saturated heterocycles. The Balaban J connectivity index is 1.57. The third kappa shape index (κ3) is 3.09. The number of nitrogens with one attached hydrogen (secondary N) is 1. The van der Waals surface area contributed by atoms with E-state index in [-0.39, 0.29) is 17.4 Å². The molecule has 22 heavy (non-hydrogen) atoms. The summed E-state index contributed by atoms with van der Waals surface area (Å²) in [6.07, 6.45) is 0. The molecule has 1 aliphatic rings. The lowest BCUT2D eigenvalue weighted by atomic mass is 10.2. The molecule has 0 bridgehead atoms. The van der Waals surface area contributed by atoms with Crippen molar-refractivity contribution in [2.45, 2.75) is 6.54 Å². The van der Waals surface area contributed by atoms with Crippen molar-refractivity contribution in [3.8, 4) is 0 Å². The van der Waals surface area contributed by atoms with Crippen LogP contribution < -0.4 is 5.69 Å². The molecule has 0 saturated carbocycles. The van der Waals surface area contributed by atoms with Gasteiger partial charge in [0.2, 0.25) is 5.82 Å². The highest BCUT2D eigenvalue weighted by atomic mass is 16.2.